The number of benzene rings is 1. The number of nitrogens with two attached hydrogens (primary N) is 1. The van der Waals surface area contributed by atoms with Gasteiger partial charge in [0.2, 0.25) is 0 Å². The molecule has 1 aliphatic heterocycles. The lowest BCUT2D eigenvalue weighted by Crippen LogP contribution is -2.31. The molecule has 0 spiro atoms. The fourth-order valence-corrected chi connectivity index (χ4v) is 1.55. The maximum Gasteiger partial charge on any atom is 0.256 e. The molecule has 1 atom stereocenters. The van der Waals surface area contributed by atoms with Gasteiger partial charge in [-0.3, -0.25) is 10.1 Å². The number of hydrogen-bond acceptors (Lipinski definition) is 3. The van der Waals surface area contributed by atoms with Crippen LogP contribution in [0.3, 0.4) is 0 Å². The minimum absolute atomic E-state index is 0.00984. The molecular weight excluding hydrogens is 221 g/mol. The number of amides is 1. The average Bonchev–Trinajstić information content (AvgIpc) is 2.50. The van der Waals surface area contributed by atoms with Gasteiger partial charge < -0.3 is 5.73 Å². The van der Waals surface area contributed by atoms with E-state index in [0.29, 0.717) is 0 Å². The van der Waals surface area contributed by atoms with Gasteiger partial charge in [0.05, 0.1) is 5.02 Å². The molecule has 78 valence electrons. The van der Waals surface area contributed by atoms with E-state index in [0.717, 1.165) is 0 Å². The Morgan fingerprint density at radius 1 is 1.53 bits per heavy atom. The highest BCUT2D eigenvalue weighted by Crippen LogP contribution is 2.27. The van der Waals surface area contributed by atoms with Crippen LogP contribution < -0.4 is 11.1 Å². The standard InChI is InChI=1S/C9H7ClFN3O/c10-5-3-1-2-4(6(5)11)7-8(15)14-9(12)13-7/h1-3,7H,(H3,12,13,14,15). The maximum atomic E-state index is 13.5. The largest absolute Gasteiger partial charge is 0.370 e. The summed E-state index contributed by atoms with van der Waals surface area (Å²) in [5.74, 6) is -1.10. The van der Waals surface area contributed by atoms with Gasteiger partial charge in [0, 0.05) is 5.56 Å². The summed E-state index contributed by atoms with van der Waals surface area (Å²) in [6.45, 7) is 0. The van der Waals surface area contributed by atoms with Crippen molar-refractivity contribution in [1.29, 1.82) is 0 Å². The summed E-state index contributed by atoms with van der Waals surface area (Å²) in [4.78, 5) is 15.1. The summed E-state index contributed by atoms with van der Waals surface area (Å²) < 4.78 is 13.5. The van der Waals surface area contributed by atoms with E-state index in [9.17, 15) is 9.18 Å². The molecule has 15 heavy (non-hydrogen) atoms. The molecule has 1 aromatic carbocycles. The molecule has 6 heteroatoms. The summed E-state index contributed by atoms with van der Waals surface area (Å²) in [6.07, 6.45) is 0. The molecule has 3 N–H and O–H groups in total. The van der Waals surface area contributed by atoms with E-state index in [1.165, 1.54) is 12.1 Å². The Bertz CT molecular complexity index is 461. The Hall–Kier alpha value is -1.62. The minimum atomic E-state index is -0.941. The molecule has 2 rings (SSSR count). The van der Waals surface area contributed by atoms with E-state index in [-0.39, 0.29) is 16.5 Å². The third-order valence-corrected chi connectivity index (χ3v) is 2.34. The van der Waals surface area contributed by atoms with Gasteiger partial charge in [0.1, 0.15) is 5.82 Å². The van der Waals surface area contributed by atoms with Crippen molar-refractivity contribution in [2.75, 3.05) is 0 Å². The van der Waals surface area contributed by atoms with E-state index >= 15 is 0 Å². The number of rotatable bonds is 1. The number of guanidine groups is 1. The second-order valence-electron chi connectivity index (χ2n) is 3.05. The molecule has 4 nitrogen and oxygen atoms in total. The van der Waals surface area contributed by atoms with E-state index in [4.69, 9.17) is 17.3 Å². The van der Waals surface area contributed by atoms with Crippen molar-refractivity contribution >= 4 is 23.5 Å². The SMILES string of the molecule is NC1=NC(c2cccc(Cl)c2F)C(=O)N1. The van der Waals surface area contributed by atoms with Crippen molar-refractivity contribution in [1.82, 2.24) is 5.32 Å². The quantitative estimate of drug-likeness (QED) is 0.751. The second kappa shape index (κ2) is 3.51. The van der Waals surface area contributed by atoms with Gasteiger partial charge in [-0.05, 0) is 6.07 Å². The number of nitrogens with one attached hydrogen (secondary N) is 1. The highest BCUT2D eigenvalue weighted by molar-refractivity contribution is 6.30. The molecule has 1 heterocycles. The first-order valence-electron chi connectivity index (χ1n) is 4.17. The third-order valence-electron chi connectivity index (χ3n) is 2.04. The van der Waals surface area contributed by atoms with Crippen LogP contribution >= 0.6 is 11.6 Å². The van der Waals surface area contributed by atoms with Gasteiger partial charge in [0.25, 0.3) is 5.91 Å². The lowest BCUT2D eigenvalue weighted by atomic mass is 10.1. The molecule has 0 fully saturated rings. The molecule has 0 bridgehead atoms. The van der Waals surface area contributed by atoms with Gasteiger partial charge in [-0.1, -0.05) is 23.7 Å². The number of aliphatic imine (C=N–C) groups is 1. The van der Waals surface area contributed by atoms with E-state index in [2.05, 4.69) is 10.3 Å². The van der Waals surface area contributed by atoms with Crippen molar-refractivity contribution in [3.63, 3.8) is 0 Å². The molecule has 0 radical (unpaired) electrons. The number of carbonyl (C=O) groups excluding carboxylic acids is 1. The lowest BCUT2D eigenvalue weighted by Gasteiger charge is -2.06. The summed E-state index contributed by atoms with van der Waals surface area (Å²) in [7, 11) is 0. The van der Waals surface area contributed by atoms with Crippen molar-refractivity contribution in [3.05, 3.63) is 34.6 Å². The smallest absolute Gasteiger partial charge is 0.256 e. The Morgan fingerprint density at radius 2 is 2.27 bits per heavy atom. The van der Waals surface area contributed by atoms with Crippen LogP contribution in [0, 0.1) is 5.82 Å². The highest BCUT2D eigenvalue weighted by atomic mass is 35.5. The van der Waals surface area contributed by atoms with Gasteiger partial charge in [0.15, 0.2) is 12.0 Å². The van der Waals surface area contributed by atoms with E-state index in [1.54, 1.807) is 6.07 Å². The molecule has 0 saturated carbocycles. The van der Waals surface area contributed by atoms with Crippen LogP contribution in [0.5, 0.6) is 0 Å². The topological polar surface area (TPSA) is 67.5 Å². The first-order chi connectivity index (χ1) is 7.09. The monoisotopic (exact) mass is 227 g/mol. The number of hydrogen-bond donors (Lipinski definition) is 2. The molecule has 1 unspecified atom stereocenters. The highest BCUT2D eigenvalue weighted by Gasteiger charge is 2.29. The predicted molar refractivity (Wildman–Crippen MR) is 53.9 cm³/mol. The van der Waals surface area contributed by atoms with Gasteiger partial charge in [-0.2, -0.15) is 0 Å². The number of carbonyl (C=O) groups is 1. The van der Waals surface area contributed by atoms with E-state index in [1.807, 2.05) is 0 Å². The first-order valence-corrected chi connectivity index (χ1v) is 4.55. The van der Waals surface area contributed by atoms with Crippen molar-refractivity contribution in [2.45, 2.75) is 6.04 Å². The molecule has 1 aliphatic rings. The zero-order valence-corrected chi connectivity index (χ0v) is 8.25. The van der Waals surface area contributed by atoms with Gasteiger partial charge in [-0.15, -0.1) is 0 Å². The maximum absolute atomic E-state index is 13.5. The fourth-order valence-electron chi connectivity index (χ4n) is 1.37. The fraction of sp³-hybridized carbons (Fsp3) is 0.111. The molecule has 0 aromatic heterocycles. The van der Waals surface area contributed by atoms with Crippen LogP contribution in [0.4, 0.5) is 4.39 Å². The molecule has 0 saturated heterocycles. The summed E-state index contributed by atoms with van der Waals surface area (Å²) in [5.41, 5.74) is 5.43. The van der Waals surface area contributed by atoms with Crippen LogP contribution in [0.15, 0.2) is 23.2 Å². The molecule has 1 aromatic rings. The summed E-state index contributed by atoms with van der Waals surface area (Å²) >= 11 is 5.59. The Kier molecular flexibility index (Phi) is 2.32. The summed E-state index contributed by atoms with van der Waals surface area (Å²) in [6, 6.07) is 3.47. The first kappa shape index (κ1) is 9.92. The van der Waals surface area contributed by atoms with Crippen molar-refractivity contribution in [3.8, 4) is 0 Å². The lowest BCUT2D eigenvalue weighted by molar-refractivity contribution is -0.120. The molecular formula is C9H7ClFN3O. The van der Waals surface area contributed by atoms with Crippen LogP contribution in [0.2, 0.25) is 5.02 Å². The van der Waals surface area contributed by atoms with Crippen molar-refractivity contribution in [2.24, 2.45) is 10.7 Å². The average molecular weight is 228 g/mol. The minimum Gasteiger partial charge on any atom is -0.370 e. The van der Waals surface area contributed by atoms with Crippen molar-refractivity contribution < 1.29 is 9.18 Å². The third kappa shape index (κ3) is 1.66. The Balaban J connectivity index is 2.46. The van der Waals surface area contributed by atoms with Crippen LogP contribution in [-0.4, -0.2) is 11.9 Å². The predicted octanol–water partition coefficient (Wildman–Crippen LogP) is 0.965. The van der Waals surface area contributed by atoms with Crippen LogP contribution in [-0.2, 0) is 4.79 Å². The number of nitrogens with zero attached hydrogens (tertiary/aromatic N) is 1. The van der Waals surface area contributed by atoms with Gasteiger partial charge >= 0.3 is 0 Å². The Morgan fingerprint density at radius 3 is 2.87 bits per heavy atom. The summed E-state index contributed by atoms with van der Waals surface area (Å²) in [5, 5.41) is 2.25. The normalized spacial score (nSPS) is 20.0. The Labute approximate surface area is 89.9 Å². The second-order valence-corrected chi connectivity index (χ2v) is 3.46. The van der Waals surface area contributed by atoms with Crippen LogP contribution in [0.1, 0.15) is 11.6 Å². The van der Waals surface area contributed by atoms with Gasteiger partial charge in [-0.25, -0.2) is 9.38 Å². The zero-order chi connectivity index (χ0) is 11.0. The van der Waals surface area contributed by atoms with E-state index < -0.39 is 17.8 Å². The number of halogens is 2. The zero-order valence-electron chi connectivity index (χ0n) is 7.50. The van der Waals surface area contributed by atoms with Crippen LogP contribution in [0.25, 0.3) is 0 Å². The molecule has 0 aliphatic carbocycles. The molecule has 1 amide bonds.